The van der Waals surface area contributed by atoms with Gasteiger partial charge in [-0.1, -0.05) is 60.1 Å². The summed E-state index contributed by atoms with van der Waals surface area (Å²) in [5, 5.41) is 8.09. The van der Waals surface area contributed by atoms with Crippen molar-refractivity contribution in [2.24, 2.45) is 11.8 Å². The number of para-hydroxylation sites is 1. The molecule has 4 atom stereocenters. The number of aryl methyl sites for hydroxylation is 1. The third-order valence-electron chi connectivity index (χ3n) is 8.66. The van der Waals surface area contributed by atoms with Crippen LogP contribution in [-0.2, 0) is 32.8 Å². The Labute approximate surface area is 230 Å². The van der Waals surface area contributed by atoms with Gasteiger partial charge in [0.2, 0.25) is 17.7 Å². The predicted molar refractivity (Wildman–Crippen MR) is 149 cm³/mol. The second-order valence-corrected chi connectivity index (χ2v) is 11.2. The fourth-order valence-corrected chi connectivity index (χ4v) is 7.18. The summed E-state index contributed by atoms with van der Waals surface area (Å²) in [5.41, 5.74) is 3.82. The molecule has 1 aromatic heterocycles. The van der Waals surface area contributed by atoms with E-state index in [9.17, 15) is 14.4 Å². The monoisotopic (exact) mass is 538 g/mol. The molecule has 7 nitrogen and oxygen atoms in total. The second kappa shape index (κ2) is 8.79. The number of hydrogen-bond donors (Lipinski definition) is 3. The van der Waals surface area contributed by atoms with E-state index in [1.165, 1.54) is 4.90 Å². The van der Waals surface area contributed by atoms with Crippen LogP contribution in [0, 0.1) is 18.8 Å². The van der Waals surface area contributed by atoms with Gasteiger partial charge in [-0.25, -0.2) is 0 Å². The Kier molecular flexibility index (Phi) is 5.44. The van der Waals surface area contributed by atoms with Crippen LogP contribution in [0.15, 0.2) is 72.9 Å². The lowest BCUT2D eigenvalue weighted by Crippen LogP contribution is -2.53. The first-order valence-corrected chi connectivity index (χ1v) is 13.6. The number of halogens is 1. The molecule has 3 aromatic carbocycles. The molecule has 3 N–H and O–H groups in total. The maximum absolute atomic E-state index is 14.1. The van der Waals surface area contributed by atoms with Crippen molar-refractivity contribution < 1.29 is 14.4 Å². The lowest BCUT2D eigenvalue weighted by Gasteiger charge is -2.29. The summed E-state index contributed by atoms with van der Waals surface area (Å²) in [6.07, 6.45) is 2.99. The number of aromatic nitrogens is 1. The zero-order chi connectivity index (χ0) is 26.9. The highest BCUT2D eigenvalue weighted by Gasteiger charge is 2.70. The molecule has 2 saturated heterocycles. The largest absolute Gasteiger partial charge is 0.361 e. The fraction of sp³-hybridized carbons (Fsp3) is 0.258. The van der Waals surface area contributed by atoms with Crippen LogP contribution in [0.25, 0.3) is 10.9 Å². The number of likely N-dealkylation sites (tertiary alicyclic amines) is 1. The van der Waals surface area contributed by atoms with E-state index in [1.807, 2.05) is 67.7 Å². The number of hydrogen-bond acceptors (Lipinski definition) is 4. The van der Waals surface area contributed by atoms with E-state index in [1.54, 1.807) is 12.1 Å². The predicted octanol–water partition coefficient (Wildman–Crippen LogP) is 4.34. The smallest absolute Gasteiger partial charge is 0.250 e. The van der Waals surface area contributed by atoms with Crippen LogP contribution in [0.2, 0.25) is 5.02 Å². The summed E-state index contributed by atoms with van der Waals surface area (Å²) in [7, 11) is 0. The number of amides is 3. The fourth-order valence-electron chi connectivity index (χ4n) is 6.91. The molecule has 3 aliphatic rings. The van der Waals surface area contributed by atoms with E-state index in [4.69, 9.17) is 11.6 Å². The number of H-pyrrole nitrogens is 1. The van der Waals surface area contributed by atoms with Gasteiger partial charge in [0.1, 0.15) is 5.54 Å². The molecular formula is C31H27ClN4O3. The van der Waals surface area contributed by atoms with Crippen LogP contribution in [0.5, 0.6) is 0 Å². The Morgan fingerprint density at radius 1 is 0.974 bits per heavy atom. The van der Waals surface area contributed by atoms with Crippen molar-refractivity contribution in [2.45, 2.75) is 31.3 Å². The number of nitrogens with one attached hydrogen (secondary N) is 3. The van der Waals surface area contributed by atoms with Crippen molar-refractivity contribution in [3.8, 4) is 0 Å². The van der Waals surface area contributed by atoms with Crippen LogP contribution in [-0.4, -0.2) is 40.2 Å². The highest BCUT2D eigenvalue weighted by molar-refractivity contribution is 6.31. The van der Waals surface area contributed by atoms with Gasteiger partial charge in [0.05, 0.1) is 11.8 Å². The normalized spacial score (nSPS) is 25.5. The first-order valence-electron chi connectivity index (χ1n) is 13.2. The molecule has 39 heavy (non-hydrogen) atoms. The third kappa shape index (κ3) is 3.50. The van der Waals surface area contributed by atoms with Gasteiger partial charge in [0, 0.05) is 46.0 Å². The molecule has 4 unspecified atom stereocenters. The van der Waals surface area contributed by atoms with Crippen molar-refractivity contribution in [1.29, 1.82) is 0 Å². The van der Waals surface area contributed by atoms with E-state index < -0.39 is 23.4 Å². The van der Waals surface area contributed by atoms with E-state index in [-0.39, 0.29) is 24.3 Å². The van der Waals surface area contributed by atoms with Crippen LogP contribution >= 0.6 is 11.6 Å². The molecule has 3 amide bonds. The molecule has 4 aromatic rings. The van der Waals surface area contributed by atoms with Gasteiger partial charge in [-0.3, -0.25) is 24.6 Å². The number of rotatable bonds is 5. The lowest BCUT2D eigenvalue weighted by atomic mass is 9.76. The summed E-state index contributed by atoms with van der Waals surface area (Å²) in [4.78, 5) is 46.7. The summed E-state index contributed by atoms with van der Waals surface area (Å²) in [5.74, 6) is -2.40. The zero-order valence-electron chi connectivity index (χ0n) is 21.3. The van der Waals surface area contributed by atoms with Crippen molar-refractivity contribution in [3.63, 3.8) is 0 Å². The van der Waals surface area contributed by atoms with Crippen molar-refractivity contribution in [3.05, 3.63) is 100 Å². The number of imide groups is 1. The number of anilines is 1. The SMILES string of the molecule is Cc1cc(Cl)cc2c1NC(=O)C21NC(Cc2c[nH]c3ccccc23)C2C(=O)N(CCc3ccccc3)C(=O)C21. The highest BCUT2D eigenvalue weighted by Crippen LogP contribution is 2.54. The molecule has 0 saturated carbocycles. The Bertz CT molecular complexity index is 1670. The number of fused-ring (bicyclic) bond motifs is 5. The minimum atomic E-state index is -1.37. The van der Waals surface area contributed by atoms with Crippen LogP contribution in [0.1, 0.15) is 22.3 Å². The molecule has 0 bridgehead atoms. The van der Waals surface area contributed by atoms with Gasteiger partial charge in [0.15, 0.2) is 0 Å². The molecule has 8 heteroatoms. The van der Waals surface area contributed by atoms with Gasteiger partial charge in [-0.2, -0.15) is 0 Å². The van der Waals surface area contributed by atoms with E-state index >= 15 is 0 Å². The highest BCUT2D eigenvalue weighted by atomic mass is 35.5. The van der Waals surface area contributed by atoms with Crippen molar-refractivity contribution in [1.82, 2.24) is 15.2 Å². The van der Waals surface area contributed by atoms with Crippen LogP contribution in [0.3, 0.4) is 0 Å². The number of carbonyl (C=O) groups excluding carboxylic acids is 3. The third-order valence-corrected chi connectivity index (χ3v) is 8.88. The Hall–Kier alpha value is -3.94. The van der Waals surface area contributed by atoms with Crippen molar-refractivity contribution >= 4 is 45.9 Å². The molecule has 3 aliphatic heterocycles. The van der Waals surface area contributed by atoms with Crippen LogP contribution < -0.4 is 10.6 Å². The summed E-state index contributed by atoms with van der Waals surface area (Å²) in [6.45, 7) is 2.15. The minimum Gasteiger partial charge on any atom is -0.361 e. The van der Waals surface area contributed by atoms with Gasteiger partial charge in [-0.05, 0) is 54.7 Å². The summed E-state index contributed by atoms with van der Waals surface area (Å²) >= 11 is 6.48. The molecule has 4 heterocycles. The van der Waals surface area contributed by atoms with Crippen LogP contribution in [0.4, 0.5) is 5.69 Å². The first kappa shape index (κ1) is 24.1. The first-order chi connectivity index (χ1) is 18.9. The second-order valence-electron chi connectivity index (χ2n) is 10.8. The van der Waals surface area contributed by atoms with E-state index in [0.717, 1.165) is 27.6 Å². The average Bonchev–Trinajstić information content (AvgIpc) is 3.64. The molecule has 2 fully saturated rings. The Morgan fingerprint density at radius 2 is 1.74 bits per heavy atom. The maximum Gasteiger partial charge on any atom is 0.250 e. The Morgan fingerprint density at radius 3 is 2.56 bits per heavy atom. The zero-order valence-corrected chi connectivity index (χ0v) is 22.1. The molecule has 7 rings (SSSR count). The van der Waals surface area contributed by atoms with Gasteiger partial charge in [0.25, 0.3) is 0 Å². The lowest BCUT2D eigenvalue weighted by molar-refractivity contribution is -0.142. The van der Waals surface area contributed by atoms with Crippen molar-refractivity contribution in [2.75, 3.05) is 11.9 Å². The molecule has 1 spiro atoms. The molecular weight excluding hydrogens is 512 g/mol. The van der Waals surface area contributed by atoms with E-state index in [2.05, 4.69) is 15.6 Å². The molecule has 0 aliphatic carbocycles. The van der Waals surface area contributed by atoms with Gasteiger partial charge in [-0.15, -0.1) is 0 Å². The quantitative estimate of drug-likeness (QED) is 0.330. The molecule has 196 valence electrons. The molecule has 0 radical (unpaired) electrons. The number of benzene rings is 3. The summed E-state index contributed by atoms with van der Waals surface area (Å²) in [6, 6.07) is 20.9. The number of carbonyl (C=O) groups is 3. The van der Waals surface area contributed by atoms with Gasteiger partial charge < -0.3 is 10.3 Å². The Balaban J connectivity index is 1.32. The van der Waals surface area contributed by atoms with Gasteiger partial charge >= 0.3 is 0 Å². The topological polar surface area (TPSA) is 94.3 Å². The van der Waals surface area contributed by atoms with E-state index in [0.29, 0.717) is 29.1 Å². The number of aromatic amines is 1. The number of nitrogens with zero attached hydrogens (tertiary/aromatic N) is 1. The average molecular weight is 539 g/mol. The summed E-state index contributed by atoms with van der Waals surface area (Å²) < 4.78 is 0. The maximum atomic E-state index is 14.1. The standard InChI is InChI=1S/C31H27ClN4O3/c1-17-13-20(32)15-22-27(17)34-30(39)31(22)26-25(24(35-31)14-19-16-33-23-10-6-5-9-21(19)23)28(37)36(29(26)38)12-11-18-7-3-2-4-8-18/h2-10,13,15-16,24-26,33,35H,11-12,14H2,1H3,(H,34,39). The minimum absolute atomic E-state index is 0.227.